The number of hydrogen-bond acceptors (Lipinski definition) is 2. The number of rotatable bonds is 3. The van der Waals surface area contributed by atoms with Gasteiger partial charge >= 0.3 is 0 Å². The van der Waals surface area contributed by atoms with Crippen molar-refractivity contribution in [3.8, 4) is 11.8 Å². The maximum Gasteiger partial charge on any atom is 0.119 e. The first-order valence-corrected chi connectivity index (χ1v) is 7.53. The molecule has 0 heterocycles. The Bertz CT molecular complexity index is 602. The van der Waals surface area contributed by atoms with E-state index in [0.29, 0.717) is 5.92 Å². The van der Waals surface area contributed by atoms with Crippen LogP contribution in [0.2, 0.25) is 0 Å². The monoisotopic (exact) mass is 277 g/mol. The molecule has 1 saturated carbocycles. The quantitative estimate of drug-likeness (QED) is 0.825. The van der Waals surface area contributed by atoms with Crippen LogP contribution < -0.4 is 4.74 Å². The van der Waals surface area contributed by atoms with Crippen LogP contribution in [0.25, 0.3) is 0 Å². The van der Waals surface area contributed by atoms with E-state index in [0.717, 1.165) is 25.0 Å². The van der Waals surface area contributed by atoms with Crippen molar-refractivity contribution >= 4 is 0 Å². The molecule has 21 heavy (non-hydrogen) atoms. The van der Waals surface area contributed by atoms with Crippen LogP contribution in [-0.4, -0.2) is 6.10 Å². The normalized spacial score (nSPS) is 25.0. The Morgan fingerprint density at radius 3 is 2.24 bits per heavy atom. The van der Waals surface area contributed by atoms with Crippen molar-refractivity contribution in [1.29, 1.82) is 5.26 Å². The minimum atomic E-state index is -0.0173. The van der Waals surface area contributed by atoms with E-state index in [1.165, 1.54) is 5.56 Å². The van der Waals surface area contributed by atoms with E-state index in [1.54, 1.807) is 0 Å². The Kier molecular flexibility index (Phi) is 4.21. The molecule has 3 rings (SSSR count). The maximum absolute atomic E-state index is 9.37. The minimum Gasteiger partial charge on any atom is -0.489 e. The molecule has 0 aromatic heterocycles. The zero-order chi connectivity index (χ0) is 14.5. The summed E-state index contributed by atoms with van der Waals surface area (Å²) >= 11 is 0. The van der Waals surface area contributed by atoms with Crippen LogP contribution >= 0.6 is 0 Å². The van der Waals surface area contributed by atoms with Crippen LogP contribution in [0.1, 0.15) is 30.7 Å². The summed E-state index contributed by atoms with van der Waals surface area (Å²) in [6.45, 7) is 0. The molecule has 0 saturated heterocycles. The largest absolute Gasteiger partial charge is 0.489 e. The second kappa shape index (κ2) is 6.45. The van der Waals surface area contributed by atoms with E-state index in [2.05, 4.69) is 30.3 Å². The number of nitrogens with zero attached hydrogens (tertiary/aromatic N) is 1. The van der Waals surface area contributed by atoms with Crippen LogP contribution in [0.5, 0.6) is 5.75 Å². The van der Waals surface area contributed by atoms with Crippen molar-refractivity contribution < 1.29 is 4.74 Å². The van der Waals surface area contributed by atoms with Gasteiger partial charge in [0.05, 0.1) is 12.0 Å². The zero-order valence-electron chi connectivity index (χ0n) is 12.0. The summed E-state index contributed by atoms with van der Waals surface area (Å²) in [5.74, 6) is 1.34. The molecule has 1 aliphatic carbocycles. The van der Waals surface area contributed by atoms with Crippen molar-refractivity contribution in [1.82, 2.24) is 0 Å². The van der Waals surface area contributed by atoms with Crippen molar-refractivity contribution in [3.63, 3.8) is 0 Å². The highest BCUT2D eigenvalue weighted by Gasteiger charge is 2.32. The van der Waals surface area contributed by atoms with Crippen LogP contribution in [0.4, 0.5) is 0 Å². The molecular weight excluding hydrogens is 258 g/mol. The van der Waals surface area contributed by atoms with Gasteiger partial charge in [-0.1, -0.05) is 48.5 Å². The lowest BCUT2D eigenvalue weighted by atomic mass is 9.77. The third-order valence-electron chi connectivity index (χ3n) is 4.26. The van der Waals surface area contributed by atoms with Crippen LogP contribution in [-0.2, 0) is 0 Å². The fourth-order valence-electron chi connectivity index (χ4n) is 3.11. The highest BCUT2D eigenvalue weighted by atomic mass is 16.5. The third-order valence-corrected chi connectivity index (χ3v) is 4.26. The standard InChI is InChI=1S/C19H19NO/c20-14-17-12-11-16(15-7-3-1-4-8-15)13-19(17)21-18-9-5-2-6-10-18/h1-10,16-17,19H,11-13H2. The fraction of sp³-hybridized carbons (Fsp3) is 0.316. The first kappa shape index (κ1) is 13.7. The summed E-state index contributed by atoms with van der Waals surface area (Å²) in [4.78, 5) is 0. The van der Waals surface area contributed by atoms with E-state index in [1.807, 2.05) is 36.4 Å². The molecule has 3 atom stereocenters. The number of ether oxygens (including phenoxy) is 1. The first-order valence-electron chi connectivity index (χ1n) is 7.53. The molecule has 0 aliphatic heterocycles. The molecular formula is C19H19NO. The Hall–Kier alpha value is -2.27. The second-order valence-electron chi connectivity index (χ2n) is 5.63. The lowest BCUT2D eigenvalue weighted by Crippen LogP contribution is -2.32. The Morgan fingerprint density at radius 1 is 0.905 bits per heavy atom. The van der Waals surface area contributed by atoms with E-state index in [9.17, 15) is 5.26 Å². The molecule has 0 spiro atoms. The molecule has 2 heteroatoms. The lowest BCUT2D eigenvalue weighted by Gasteiger charge is -2.33. The van der Waals surface area contributed by atoms with Gasteiger partial charge in [-0.05, 0) is 42.9 Å². The number of para-hydroxylation sites is 1. The summed E-state index contributed by atoms with van der Waals surface area (Å²) in [6, 6.07) is 22.8. The summed E-state index contributed by atoms with van der Waals surface area (Å²) in [5.41, 5.74) is 1.36. The summed E-state index contributed by atoms with van der Waals surface area (Å²) in [7, 11) is 0. The van der Waals surface area contributed by atoms with E-state index in [-0.39, 0.29) is 12.0 Å². The Labute approximate surface area is 126 Å². The van der Waals surface area contributed by atoms with Crippen molar-refractivity contribution in [2.45, 2.75) is 31.3 Å². The lowest BCUT2D eigenvalue weighted by molar-refractivity contribution is 0.109. The minimum absolute atomic E-state index is 0.00910. The smallest absolute Gasteiger partial charge is 0.119 e. The topological polar surface area (TPSA) is 33.0 Å². The highest BCUT2D eigenvalue weighted by molar-refractivity contribution is 5.24. The van der Waals surface area contributed by atoms with Gasteiger partial charge < -0.3 is 4.74 Å². The molecule has 2 nitrogen and oxygen atoms in total. The van der Waals surface area contributed by atoms with Crippen molar-refractivity contribution in [3.05, 3.63) is 66.2 Å². The van der Waals surface area contributed by atoms with Gasteiger partial charge in [0.25, 0.3) is 0 Å². The molecule has 2 aromatic rings. The van der Waals surface area contributed by atoms with Crippen LogP contribution in [0.3, 0.4) is 0 Å². The average Bonchev–Trinajstić information content (AvgIpc) is 2.56. The average molecular weight is 277 g/mol. The summed E-state index contributed by atoms with van der Waals surface area (Å²) in [5, 5.41) is 9.37. The molecule has 1 fully saturated rings. The first-order chi connectivity index (χ1) is 10.4. The molecule has 0 N–H and O–H groups in total. The van der Waals surface area contributed by atoms with Gasteiger partial charge in [0.15, 0.2) is 0 Å². The molecule has 0 radical (unpaired) electrons. The van der Waals surface area contributed by atoms with Gasteiger partial charge in [0, 0.05) is 0 Å². The zero-order valence-corrected chi connectivity index (χ0v) is 12.0. The predicted molar refractivity (Wildman–Crippen MR) is 83.0 cm³/mol. The van der Waals surface area contributed by atoms with E-state index in [4.69, 9.17) is 4.74 Å². The van der Waals surface area contributed by atoms with Gasteiger partial charge in [-0.2, -0.15) is 5.26 Å². The SMILES string of the molecule is N#CC1CCC(c2ccccc2)CC1Oc1ccccc1. The molecule has 106 valence electrons. The van der Waals surface area contributed by atoms with E-state index < -0.39 is 0 Å². The van der Waals surface area contributed by atoms with Crippen molar-refractivity contribution in [2.24, 2.45) is 5.92 Å². The maximum atomic E-state index is 9.37. The van der Waals surface area contributed by atoms with Gasteiger partial charge in [-0.25, -0.2) is 0 Å². The second-order valence-corrected chi connectivity index (χ2v) is 5.63. The molecule has 2 aromatic carbocycles. The predicted octanol–water partition coefficient (Wildman–Crippen LogP) is 4.54. The van der Waals surface area contributed by atoms with Gasteiger partial charge in [-0.3, -0.25) is 0 Å². The Morgan fingerprint density at radius 2 is 1.57 bits per heavy atom. The van der Waals surface area contributed by atoms with Gasteiger partial charge in [0.1, 0.15) is 11.9 Å². The third kappa shape index (κ3) is 3.25. The summed E-state index contributed by atoms with van der Waals surface area (Å²) in [6.07, 6.45) is 2.87. The van der Waals surface area contributed by atoms with Crippen molar-refractivity contribution in [2.75, 3.05) is 0 Å². The van der Waals surface area contributed by atoms with Gasteiger partial charge in [0.2, 0.25) is 0 Å². The van der Waals surface area contributed by atoms with Crippen LogP contribution in [0, 0.1) is 17.2 Å². The van der Waals surface area contributed by atoms with Gasteiger partial charge in [-0.15, -0.1) is 0 Å². The molecule has 0 bridgehead atoms. The van der Waals surface area contributed by atoms with E-state index >= 15 is 0 Å². The Balaban J connectivity index is 1.75. The molecule has 0 amide bonds. The number of hydrogen-bond donors (Lipinski definition) is 0. The highest BCUT2D eigenvalue weighted by Crippen LogP contribution is 2.37. The fourth-order valence-corrected chi connectivity index (χ4v) is 3.11. The summed E-state index contributed by atoms with van der Waals surface area (Å²) < 4.78 is 6.09. The van der Waals surface area contributed by atoms with Crippen LogP contribution in [0.15, 0.2) is 60.7 Å². The number of nitriles is 1. The molecule has 1 aliphatic rings. The molecule has 3 unspecified atom stereocenters. The number of benzene rings is 2.